The van der Waals surface area contributed by atoms with E-state index in [9.17, 15) is 0 Å². The molecule has 168 valence electrons. The zero-order valence-corrected chi connectivity index (χ0v) is 20.2. The molecule has 31 heavy (non-hydrogen) atoms. The average Bonchev–Trinajstić information content (AvgIpc) is 2.74. The van der Waals surface area contributed by atoms with Gasteiger partial charge in [-0.3, -0.25) is 0 Å². The number of rotatable bonds is 7. The third kappa shape index (κ3) is 6.34. The molecule has 0 amide bonds. The van der Waals surface area contributed by atoms with E-state index < -0.39 is 0 Å². The maximum Gasteiger partial charge on any atom is 0.173 e. The number of piperidine rings is 1. The first kappa shape index (κ1) is 23.4. The predicted molar refractivity (Wildman–Crippen MR) is 133 cm³/mol. The monoisotopic (exact) mass is 441 g/mol. The molecule has 1 heterocycles. The summed E-state index contributed by atoms with van der Waals surface area (Å²) in [5, 5.41) is 4.31. The van der Waals surface area contributed by atoms with Gasteiger partial charge >= 0.3 is 0 Å². The van der Waals surface area contributed by atoms with E-state index in [1.807, 2.05) is 6.07 Å². The Labute approximate surface area is 192 Å². The summed E-state index contributed by atoms with van der Waals surface area (Å²) in [4.78, 5) is 4.78. The van der Waals surface area contributed by atoms with Gasteiger partial charge in [0.1, 0.15) is 0 Å². The van der Waals surface area contributed by atoms with Gasteiger partial charge < -0.3 is 24.6 Å². The van der Waals surface area contributed by atoms with Crippen LogP contribution in [0.3, 0.4) is 0 Å². The summed E-state index contributed by atoms with van der Waals surface area (Å²) in [6, 6.07) is 13.1. The van der Waals surface area contributed by atoms with E-state index in [0.717, 1.165) is 61.2 Å². The van der Waals surface area contributed by atoms with Crippen LogP contribution in [0.15, 0.2) is 36.4 Å². The minimum absolute atomic E-state index is 0.447. The highest BCUT2D eigenvalue weighted by molar-refractivity contribution is 7.80. The van der Waals surface area contributed by atoms with Crippen molar-refractivity contribution in [1.29, 1.82) is 0 Å². The van der Waals surface area contributed by atoms with Crippen molar-refractivity contribution in [2.75, 3.05) is 46.2 Å². The molecule has 0 saturated carbocycles. The van der Waals surface area contributed by atoms with Gasteiger partial charge in [0.05, 0.1) is 14.2 Å². The van der Waals surface area contributed by atoms with Gasteiger partial charge in [0.2, 0.25) is 0 Å². The third-order valence-electron chi connectivity index (χ3n) is 5.95. The molecule has 0 aliphatic carbocycles. The van der Waals surface area contributed by atoms with Gasteiger partial charge in [-0.1, -0.05) is 12.1 Å². The maximum absolute atomic E-state index is 5.91. The van der Waals surface area contributed by atoms with Crippen molar-refractivity contribution in [3.63, 3.8) is 0 Å². The Kier molecular flexibility index (Phi) is 8.15. The molecule has 0 atom stereocenters. The SMILES string of the molecule is COc1ccc(CCN(C(=S)Nc2cc(C)cc(C)c2)C2CCN(C)CC2)cc1OC. The van der Waals surface area contributed by atoms with Crippen LogP contribution in [-0.2, 0) is 6.42 Å². The van der Waals surface area contributed by atoms with Gasteiger partial charge in [0, 0.05) is 18.3 Å². The molecule has 0 aromatic heterocycles. The lowest BCUT2D eigenvalue weighted by Crippen LogP contribution is -2.48. The fourth-order valence-electron chi connectivity index (χ4n) is 4.28. The van der Waals surface area contributed by atoms with Crippen LogP contribution in [0.1, 0.15) is 29.5 Å². The normalized spacial score (nSPS) is 14.9. The lowest BCUT2D eigenvalue weighted by atomic mass is 10.0. The fourth-order valence-corrected chi connectivity index (χ4v) is 4.64. The van der Waals surface area contributed by atoms with Crippen LogP contribution in [-0.4, -0.2) is 61.9 Å². The number of benzene rings is 2. The molecule has 6 heteroatoms. The van der Waals surface area contributed by atoms with E-state index in [-0.39, 0.29) is 0 Å². The number of anilines is 1. The smallest absolute Gasteiger partial charge is 0.173 e. The number of nitrogens with zero attached hydrogens (tertiary/aromatic N) is 2. The second kappa shape index (κ2) is 10.8. The van der Waals surface area contributed by atoms with Gasteiger partial charge in [0.15, 0.2) is 16.6 Å². The number of aryl methyl sites for hydroxylation is 2. The highest BCUT2D eigenvalue weighted by Gasteiger charge is 2.25. The average molecular weight is 442 g/mol. The largest absolute Gasteiger partial charge is 0.493 e. The van der Waals surface area contributed by atoms with Crippen LogP contribution in [0.2, 0.25) is 0 Å². The van der Waals surface area contributed by atoms with E-state index in [1.165, 1.54) is 16.7 Å². The molecule has 0 bridgehead atoms. The maximum atomic E-state index is 5.91. The van der Waals surface area contributed by atoms with E-state index in [0.29, 0.717) is 6.04 Å². The number of hydrogen-bond donors (Lipinski definition) is 1. The van der Waals surface area contributed by atoms with Gasteiger partial charge in [-0.25, -0.2) is 0 Å². The van der Waals surface area contributed by atoms with Gasteiger partial charge in [0.25, 0.3) is 0 Å². The topological polar surface area (TPSA) is 37.0 Å². The highest BCUT2D eigenvalue weighted by Crippen LogP contribution is 2.28. The molecule has 1 aliphatic heterocycles. The third-order valence-corrected chi connectivity index (χ3v) is 6.29. The number of hydrogen-bond acceptors (Lipinski definition) is 4. The Morgan fingerprint density at radius 1 is 1.03 bits per heavy atom. The summed E-state index contributed by atoms with van der Waals surface area (Å²) >= 11 is 5.91. The van der Waals surface area contributed by atoms with Crippen LogP contribution in [0.25, 0.3) is 0 Å². The Morgan fingerprint density at radius 3 is 2.29 bits per heavy atom. The summed E-state index contributed by atoms with van der Waals surface area (Å²) in [6.07, 6.45) is 3.13. The predicted octanol–water partition coefficient (Wildman–Crippen LogP) is 4.66. The highest BCUT2D eigenvalue weighted by atomic mass is 32.1. The number of ether oxygens (including phenoxy) is 2. The van der Waals surface area contributed by atoms with Gasteiger partial charge in [-0.05, 0) is 106 Å². The number of methoxy groups -OCH3 is 2. The molecular weight excluding hydrogens is 406 g/mol. The molecule has 0 spiro atoms. The number of thiocarbonyl (C=S) groups is 1. The lowest BCUT2D eigenvalue weighted by molar-refractivity contribution is 0.178. The standard InChI is InChI=1S/C25H35N3O2S/c1-18-14-19(2)16-21(15-18)26-25(31)28(22-9-11-27(3)12-10-22)13-8-20-6-7-23(29-4)24(17-20)30-5/h6-7,14-17,22H,8-13H2,1-5H3,(H,26,31). The first-order valence-corrected chi connectivity index (χ1v) is 11.4. The molecule has 5 nitrogen and oxygen atoms in total. The van der Waals surface area contributed by atoms with Crippen LogP contribution >= 0.6 is 12.2 Å². The molecular formula is C25H35N3O2S. The molecule has 1 N–H and O–H groups in total. The molecule has 0 unspecified atom stereocenters. The minimum atomic E-state index is 0.447. The number of nitrogens with one attached hydrogen (secondary N) is 1. The summed E-state index contributed by atoms with van der Waals surface area (Å²) in [5.41, 5.74) is 4.75. The fraction of sp³-hybridized carbons (Fsp3) is 0.480. The molecule has 2 aromatic rings. The first-order valence-electron chi connectivity index (χ1n) is 10.9. The van der Waals surface area contributed by atoms with Crippen molar-refractivity contribution < 1.29 is 9.47 Å². The molecule has 1 fully saturated rings. The van der Waals surface area contributed by atoms with E-state index in [1.54, 1.807) is 14.2 Å². The zero-order valence-electron chi connectivity index (χ0n) is 19.4. The van der Waals surface area contributed by atoms with Crippen molar-refractivity contribution in [2.45, 2.75) is 39.2 Å². The van der Waals surface area contributed by atoms with Crippen LogP contribution < -0.4 is 14.8 Å². The van der Waals surface area contributed by atoms with Crippen molar-refractivity contribution in [1.82, 2.24) is 9.80 Å². The molecule has 0 radical (unpaired) electrons. The van der Waals surface area contributed by atoms with Crippen LogP contribution in [0, 0.1) is 13.8 Å². The van der Waals surface area contributed by atoms with Gasteiger partial charge in [-0.15, -0.1) is 0 Å². The van der Waals surface area contributed by atoms with Crippen LogP contribution in [0.4, 0.5) is 5.69 Å². The Hall–Kier alpha value is -2.31. The first-order chi connectivity index (χ1) is 14.9. The zero-order chi connectivity index (χ0) is 22.4. The van der Waals surface area contributed by atoms with Crippen molar-refractivity contribution in [2.24, 2.45) is 0 Å². The Morgan fingerprint density at radius 2 is 1.68 bits per heavy atom. The van der Waals surface area contributed by atoms with Crippen molar-refractivity contribution >= 4 is 23.0 Å². The van der Waals surface area contributed by atoms with Crippen molar-refractivity contribution in [3.8, 4) is 11.5 Å². The Balaban J connectivity index is 1.75. The lowest BCUT2D eigenvalue weighted by Gasteiger charge is -2.39. The Bertz CT molecular complexity index is 874. The van der Waals surface area contributed by atoms with Crippen molar-refractivity contribution in [3.05, 3.63) is 53.1 Å². The quantitative estimate of drug-likeness (QED) is 0.630. The van der Waals surface area contributed by atoms with E-state index in [4.69, 9.17) is 21.7 Å². The van der Waals surface area contributed by atoms with Crippen LogP contribution in [0.5, 0.6) is 11.5 Å². The second-order valence-electron chi connectivity index (χ2n) is 8.47. The molecule has 2 aromatic carbocycles. The molecule has 1 saturated heterocycles. The second-order valence-corrected chi connectivity index (χ2v) is 8.86. The van der Waals surface area contributed by atoms with Gasteiger partial charge in [-0.2, -0.15) is 0 Å². The summed E-state index contributed by atoms with van der Waals surface area (Å²) in [7, 11) is 5.53. The summed E-state index contributed by atoms with van der Waals surface area (Å²) in [5.74, 6) is 1.52. The van der Waals surface area contributed by atoms with E-state index in [2.05, 4.69) is 66.3 Å². The molecule has 1 aliphatic rings. The van der Waals surface area contributed by atoms with E-state index >= 15 is 0 Å². The molecule has 3 rings (SSSR count). The summed E-state index contributed by atoms with van der Waals surface area (Å²) < 4.78 is 10.9. The number of likely N-dealkylation sites (tertiary alicyclic amines) is 1. The minimum Gasteiger partial charge on any atom is -0.493 e. The summed E-state index contributed by atoms with van der Waals surface area (Å²) in [6.45, 7) is 7.30.